The number of nitrogens with one attached hydrogen (secondary N) is 2. The number of aliphatic hydroxyl groups excluding tert-OH is 1. The number of para-hydroxylation sites is 2. The zero-order chi connectivity index (χ0) is 50.1. The number of β-amino-alcohol motifs (C(OH)–C–C–N with tert-alkyl or cyclic N) is 1. The molecule has 8 aromatic rings. The van der Waals surface area contributed by atoms with Crippen LogP contribution in [0.2, 0.25) is 0 Å². The van der Waals surface area contributed by atoms with Crippen molar-refractivity contribution in [3.05, 3.63) is 134 Å². The van der Waals surface area contributed by atoms with Crippen LogP contribution in [0.25, 0.3) is 44.3 Å². The third-order valence-electron chi connectivity index (χ3n) is 15.1. The number of aliphatic hydroxyl groups is 2. The second-order valence-corrected chi connectivity index (χ2v) is 19.9. The summed E-state index contributed by atoms with van der Waals surface area (Å²) in [6, 6.07) is 35.2. The number of carbonyl (C=O) groups excluding carboxylic acids is 2. The van der Waals surface area contributed by atoms with E-state index in [9.17, 15) is 19.8 Å². The molecule has 0 unspecified atom stereocenters. The number of benzene rings is 4. The lowest BCUT2D eigenvalue weighted by atomic mass is 9.79. The Balaban J connectivity index is 0.000000158. The number of carbonyl (C=O) groups is 2. The van der Waals surface area contributed by atoms with Crippen LogP contribution >= 0.6 is 0 Å². The number of nitrogens with zero attached hydrogens (tertiary/aromatic N) is 7. The largest absolute Gasteiger partial charge is 0.457 e. The third kappa shape index (κ3) is 9.90. The Morgan fingerprint density at radius 3 is 1.47 bits per heavy atom. The number of nitrogens with two attached hydrogens (primary N) is 2. The SMILES string of the molecule is Nc1ncnc2c1c(-c1ccc(Oc3ccccc3)cc1)cn2C1CCC(O)(CN2CCC(O)CC2)CC1.Nc1ncnc2c1c(-c1ccc(Oc3ccccc3)cc1)cn2C1CCC2(CC1)NC(=O)NC2=O. The first-order chi connectivity index (χ1) is 35.5. The molecule has 8 N–H and O–H groups in total. The summed E-state index contributed by atoms with van der Waals surface area (Å²) in [6.07, 6.45) is 14.4. The molecular weight excluding hydrogens is 923 g/mol. The van der Waals surface area contributed by atoms with E-state index in [1.807, 2.05) is 109 Å². The number of hydrogen-bond acceptors (Lipinski definition) is 13. The van der Waals surface area contributed by atoms with Gasteiger partial charge in [0.2, 0.25) is 0 Å². The zero-order valence-corrected chi connectivity index (χ0v) is 40.4. The van der Waals surface area contributed by atoms with Crippen molar-refractivity contribution < 1.29 is 29.3 Å². The van der Waals surface area contributed by atoms with Crippen molar-refractivity contribution in [2.45, 2.75) is 93.5 Å². The molecule has 4 aromatic carbocycles. The van der Waals surface area contributed by atoms with Gasteiger partial charge in [-0.2, -0.15) is 0 Å². The van der Waals surface area contributed by atoms with Gasteiger partial charge in [-0.15, -0.1) is 0 Å². The minimum Gasteiger partial charge on any atom is -0.457 e. The van der Waals surface area contributed by atoms with Crippen LogP contribution in [0.3, 0.4) is 0 Å². The van der Waals surface area contributed by atoms with E-state index in [4.69, 9.17) is 20.9 Å². The molecule has 2 saturated carbocycles. The van der Waals surface area contributed by atoms with Crippen LogP contribution in [-0.2, 0) is 4.79 Å². The number of rotatable bonds is 10. The van der Waals surface area contributed by atoms with Crippen LogP contribution in [-0.4, -0.2) is 93.0 Å². The number of amides is 3. The normalized spacial score (nSPS) is 22.4. The molecule has 4 aromatic heterocycles. The Hall–Kier alpha value is -7.86. The van der Waals surface area contributed by atoms with E-state index in [0.29, 0.717) is 31.0 Å². The van der Waals surface area contributed by atoms with Crippen molar-refractivity contribution in [3.63, 3.8) is 0 Å². The van der Waals surface area contributed by atoms with E-state index in [0.717, 1.165) is 132 Å². The topological polar surface area (TPSA) is 234 Å². The van der Waals surface area contributed by atoms with Gasteiger partial charge in [0.05, 0.1) is 22.5 Å². The Bertz CT molecular complexity index is 3230. The summed E-state index contributed by atoms with van der Waals surface area (Å²) in [5.41, 5.74) is 16.7. The van der Waals surface area contributed by atoms with Crippen LogP contribution in [0, 0.1) is 0 Å². The number of likely N-dealkylation sites (tertiary alicyclic amines) is 1. The van der Waals surface area contributed by atoms with Gasteiger partial charge in [0, 0.05) is 55.2 Å². The van der Waals surface area contributed by atoms with E-state index >= 15 is 0 Å². The monoisotopic (exact) mass is 981 g/mol. The summed E-state index contributed by atoms with van der Waals surface area (Å²) in [5, 5.41) is 28.0. The smallest absolute Gasteiger partial charge is 0.322 e. The first kappa shape index (κ1) is 47.5. The van der Waals surface area contributed by atoms with Crippen molar-refractivity contribution in [3.8, 4) is 45.3 Å². The number of nitrogen functional groups attached to an aromatic ring is 2. The highest BCUT2D eigenvalue weighted by Crippen LogP contribution is 2.43. The van der Waals surface area contributed by atoms with Gasteiger partial charge < -0.3 is 50.5 Å². The summed E-state index contributed by atoms with van der Waals surface area (Å²) in [7, 11) is 0. The Morgan fingerprint density at radius 2 is 1.03 bits per heavy atom. The van der Waals surface area contributed by atoms with E-state index in [1.54, 1.807) is 0 Å². The van der Waals surface area contributed by atoms with Crippen LogP contribution in [0.4, 0.5) is 16.4 Å². The second-order valence-electron chi connectivity index (χ2n) is 19.9. The quantitative estimate of drug-likeness (QED) is 0.0704. The molecule has 2 aliphatic carbocycles. The van der Waals surface area contributed by atoms with Crippen molar-refractivity contribution in [2.75, 3.05) is 31.1 Å². The van der Waals surface area contributed by atoms with Crippen molar-refractivity contribution in [1.29, 1.82) is 0 Å². The van der Waals surface area contributed by atoms with Gasteiger partial charge in [-0.25, -0.2) is 24.7 Å². The number of imide groups is 1. The Morgan fingerprint density at radius 1 is 0.589 bits per heavy atom. The van der Waals surface area contributed by atoms with Gasteiger partial charge in [-0.3, -0.25) is 10.1 Å². The molecule has 3 amide bonds. The molecule has 374 valence electrons. The maximum absolute atomic E-state index is 12.3. The van der Waals surface area contributed by atoms with Gasteiger partial charge in [-0.1, -0.05) is 60.7 Å². The minimum atomic E-state index is -0.804. The molecular formula is C56H59N11O6. The molecule has 12 rings (SSSR count). The number of hydrogen-bond donors (Lipinski definition) is 6. The van der Waals surface area contributed by atoms with Crippen molar-refractivity contribution >= 4 is 45.6 Å². The molecule has 4 fully saturated rings. The lowest BCUT2D eigenvalue weighted by molar-refractivity contribution is -0.125. The highest BCUT2D eigenvalue weighted by molar-refractivity contribution is 6.07. The van der Waals surface area contributed by atoms with Crippen LogP contribution < -0.4 is 31.6 Å². The predicted molar refractivity (Wildman–Crippen MR) is 279 cm³/mol. The maximum atomic E-state index is 12.3. The highest BCUT2D eigenvalue weighted by atomic mass is 16.5. The first-order valence-corrected chi connectivity index (χ1v) is 25.1. The van der Waals surface area contributed by atoms with Crippen LogP contribution in [0.1, 0.15) is 76.3 Å². The molecule has 73 heavy (non-hydrogen) atoms. The number of piperidine rings is 1. The summed E-state index contributed by atoms with van der Waals surface area (Å²) < 4.78 is 16.3. The number of ether oxygens (including phenoxy) is 2. The van der Waals surface area contributed by atoms with E-state index < -0.39 is 17.2 Å². The fraction of sp³-hybridized carbons (Fsp3) is 0.321. The van der Waals surface area contributed by atoms with Gasteiger partial charge >= 0.3 is 6.03 Å². The van der Waals surface area contributed by atoms with Crippen molar-refractivity contribution in [2.24, 2.45) is 0 Å². The van der Waals surface area contributed by atoms with Gasteiger partial charge in [0.25, 0.3) is 5.91 Å². The van der Waals surface area contributed by atoms with E-state index in [2.05, 4.69) is 57.0 Å². The molecule has 0 radical (unpaired) electrons. The van der Waals surface area contributed by atoms with Gasteiger partial charge in [0.15, 0.2) is 0 Å². The van der Waals surface area contributed by atoms with Gasteiger partial charge in [-0.05, 0) is 124 Å². The summed E-state index contributed by atoms with van der Waals surface area (Å²) in [4.78, 5) is 44.0. The zero-order valence-electron chi connectivity index (χ0n) is 40.4. The van der Waals surface area contributed by atoms with Crippen LogP contribution in [0.5, 0.6) is 23.0 Å². The molecule has 1 spiro atoms. The molecule has 6 heterocycles. The highest BCUT2D eigenvalue weighted by Gasteiger charge is 2.48. The summed E-state index contributed by atoms with van der Waals surface area (Å²) in [5.74, 6) is 3.73. The summed E-state index contributed by atoms with van der Waals surface area (Å²) >= 11 is 0. The first-order valence-electron chi connectivity index (χ1n) is 25.1. The fourth-order valence-electron chi connectivity index (χ4n) is 11.2. The average molecular weight is 982 g/mol. The number of urea groups is 1. The molecule has 17 nitrogen and oxygen atoms in total. The average Bonchev–Trinajstić information content (AvgIpc) is 4.08. The number of aromatic nitrogens is 6. The molecule has 17 heteroatoms. The molecule has 0 bridgehead atoms. The number of fused-ring (bicyclic) bond motifs is 2. The van der Waals surface area contributed by atoms with E-state index in [1.165, 1.54) is 12.7 Å². The molecule has 2 saturated heterocycles. The predicted octanol–water partition coefficient (Wildman–Crippen LogP) is 8.94. The van der Waals surface area contributed by atoms with Crippen LogP contribution in [0.15, 0.2) is 134 Å². The Kier molecular flexibility index (Phi) is 13.0. The number of anilines is 2. The molecule has 0 atom stereocenters. The standard InChI is InChI=1S/C30H35N5O3.C26H24N6O3/c31-28-27-26(21-6-8-25(9-7-21)38-24-4-2-1-3-5-24)18-35(29(27)33-20-32-28)22-10-14-30(37,15-11-22)19-34-16-12-23(36)13-17-34;27-22-21-20(16-6-8-19(9-7-16)35-18-4-2-1-3-5-18)14-32(23(21)29-15-28-22)17-10-12-26(13-11-17)24(33)30-25(34)31-26/h1-9,18,20,22-23,36-37H,10-17,19H2,(H2,31,32,33);1-9,14-15,17H,10-13H2,(H2,27,28,29)(H2,30,31,33,34). The third-order valence-corrected chi connectivity index (χ3v) is 15.1. The molecule has 4 aliphatic rings. The lowest BCUT2D eigenvalue weighted by Gasteiger charge is -2.41. The van der Waals surface area contributed by atoms with Crippen molar-refractivity contribution in [1.82, 2.24) is 44.6 Å². The Labute approximate surface area is 422 Å². The lowest BCUT2D eigenvalue weighted by Crippen LogP contribution is -2.49. The van der Waals surface area contributed by atoms with E-state index in [-0.39, 0.29) is 24.1 Å². The maximum Gasteiger partial charge on any atom is 0.322 e. The summed E-state index contributed by atoms with van der Waals surface area (Å²) in [6.45, 7) is 2.38. The fourth-order valence-corrected chi connectivity index (χ4v) is 11.2. The second kappa shape index (κ2) is 20.0. The molecule has 2 aliphatic heterocycles. The van der Waals surface area contributed by atoms with Gasteiger partial charge in [0.1, 0.15) is 64.1 Å². The minimum absolute atomic E-state index is 0.122.